The molecule has 6 nitrogen and oxygen atoms in total. The van der Waals surface area contributed by atoms with E-state index in [0.29, 0.717) is 29.7 Å². The number of hydrogen-bond acceptors (Lipinski definition) is 5. The monoisotopic (exact) mass is 430 g/mol. The lowest BCUT2D eigenvalue weighted by Crippen LogP contribution is -2.17. The van der Waals surface area contributed by atoms with Crippen molar-refractivity contribution in [2.24, 2.45) is 17.8 Å². The minimum atomic E-state index is -0.102. The number of rotatable bonds is 5. The normalized spacial score (nSPS) is 22.0. The second-order valence-electron chi connectivity index (χ2n) is 8.50. The topological polar surface area (TPSA) is 75.5 Å². The highest BCUT2D eigenvalue weighted by Gasteiger charge is 2.53. The Morgan fingerprint density at radius 1 is 1.13 bits per heavy atom. The second kappa shape index (κ2) is 7.00. The summed E-state index contributed by atoms with van der Waals surface area (Å²) in [7, 11) is 1.62. The van der Waals surface area contributed by atoms with Gasteiger partial charge in [-0.2, -0.15) is 0 Å². The number of Topliss-reactive ketones (excluding diaryl/α,β-unsaturated/α-hetero) is 1. The first-order chi connectivity index (χ1) is 15.1. The van der Waals surface area contributed by atoms with Gasteiger partial charge in [0.05, 0.1) is 15.9 Å². The first kappa shape index (κ1) is 18.7. The van der Waals surface area contributed by atoms with Crippen LogP contribution in [0.3, 0.4) is 0 Å². The van der Waals surface area contributed by atoms with E-state index in [0.717, 1.165) is 45.1 Å². The predicted octanol–water partition coefficient (Wildman–Crippen LogP) is 3.61. The average Bonchev–Trinajstić information content (AvgIpc) is 3.21. The van der Waals surface area contributed by atoms with Crippen molar-refractivity contribution in [3.63, 3.8) is 0 Å². The number of nitrogens with one attached hydrogen (secondary N) is 2. The molecule has 0 spiro atoms. The zero-order valence-corrected chi connectivity index (χ0v) is 17.9. The van der Waals surface area contributed by atoms with Gasteiger partial charge in [0.15, 0.2) is 10.7 Å². The minimum Gasteiger partial charge on any atom is -0.355 e. The molecular weight excluding hydrogens is 408 g/mol. The van der Waals surface area contributed by atoms with Crippen molar-refractivity contribution in [2.45, 2.75) is 6.42 Å². The SMILES string of the molecule is CNC(=O)c1ccc(-c2cn3c(n2)sc2cc(C(=O)CC4[C@H]5CNC[C@@H]45)ccc23)cc1. The summed E-state index contributed by atoms with van der Waals surface area (Å²) < 4.78 is 3.15. The maximum atomic E-state index is 12.8. The Morgan fingerprint density at radius 3 is 2.61 bits per heavy atom. The molecule has 1 saturated carbocycles. The van der Waals surface area contributed by atoms with Gasteiger partial charge in [-0.05, 0) is 61.2 Å². The summed E-state index contributed by atoms with van der Waals surface area (Å²) in [5.74, 6) is 2.14. The number of imidazole rings is 1. The third-order valence-electron chi connectivity index (χ3n) is 6.78. The molecule has 2 aromatic heterocycles. The lowest BCUT2D eigenvalue weighted by molar-refractivity contribution is 0.0958. The smallest absolute Gasteiger partial charge is 0.251 e. The Kier molecular flexibility index (Phi) is 4.23. The number of hydrogen-bond donors (Lipinski definition) is 2. The number of amides is 1. The van der Waals surface area contributed by atoms with Gasteiger partial charge in [-0.15, -0.1) is 0 Å². The van der Waals surface area contributed by atoms with Gasteiger partial charge in [0.2, 0.25) is 0 Å². The molecule has 0 radical (unpaired) electrons. The molecule has 4 aromatic rings. The molecule has 3 heterocycles. The number of benzene rings is 2. The molecule has 2 fully saturated rings. The summed E-state index contributed by atoms with van der Waals surface area (Å²) >= 11 is 1.60. The molecule has 1 unspecified atom stereocenters. The van der Waals surface area contributed by atoms with Crippen LogP contribution in [0.25, 0.3) is 26.4 Å². The van der Waals surface area contributed by atoms with E-state index in [1.165, 1.54) is 0 Å². The maximum Gasteiger partial charge on any atom is 0.251 e. The molecule has 31 heavy (non-hydrogen) atoms. The van der Waals surface area contributed by atoms with E-state index in [1.807, 2.05) is 48.7 Å². The van der Waals surface area contributed by atoms with Crippen molar-refractivity contribution in [1.82, 2.24) is 20.0 Å². The van der Waals surface area contributed by atoms with Crippen LogP contribution < -0.4 is 10.6 Å². The van der Waals surface area contributed by atoms with Gasteiger partial charge < -0.3 is 10.6 Å². The van der Waals surface area contributed by atoms with Crippen LogP contribution in [0, 0.1) is 17.8 Å². The van der Waals surface area contributed by atoms with Crippen molar-refractivity contribution >= 4 is 38.2 Å². The van der Waals surface area contributed by atoms with Gasteiger partial charge in [0.25, 0.3) is 5.91 Å². The summed E-state index contributed by atoms with van der Waals surface area (Å²) in [5, 5.41) is 6.02. The predicted molar refractivity (Wildman–Crippen MR) is 122 cm³/mol. The van der Waals surface area contributed by atoms with Gasteiger partial charge in [-0.1, -0.05) is 23.5 Å². The van der Waals surface area contributed by atoms with Crippen LogP contribution in [-0.2, 0) is 0 Å². The number of ketones is 1. The fourth-order valence-corrected chi connectivity index (χ4v) is 5.98. The lowest BCUT2D eigenvalue weighted by atomic mass is 10.0. The van der Waals surface area contributed by atoms with Crippen molar-refractivity contribution in [3.8, 4) is 11.3 Å². The van der Waals surface area contributed by atoms with Crippen LogP contribution in [0.15, 0.2) is 48.7 Å². The molecule has 0 bridgehead atoms. The Bertz CT molecular complexity index is 1330. The first-order valence-electron chi connectivity index (χ1n) is 10.6. The van der Waals surface area contributed by atoms with Crippen molar-refractivity contribution in [2.75, 3.05) is 20.1 Å². The van der Waals surface area contributed by atoms with E-state index >= 15 is 0 Å². The highest BCUT2D eigenvalue weighted by atomic mass is 32.1. The van der Waals surface area contributed by atoms with Crippen molar-refractivity contribution < 1.29 is 9.59 Å². The summed E-state index contributed by atoms with van der Waals surface area (Å²) in [6, 6.07) is 13.4. The van der Waals surface area contributed by atoms with Crippen LogP contribution in [0.2, 0.25) is 0 Å². The Morgan fingerprint density at radius 2 is 1.87 bits per heavy atom. The molecule has 2 aliphatic rings. The summed E-state index contributed by atoms with van der Waals surface area (Å²) in [6.45, 7) is 2.14. The molecule has 3 atom stereocenters. The number of carbonyl (C=O) groups is 2. The van der Waals surface area contributed by atoms with Crippen molar-refractivity contribution in [1.29, 1.82) is 0 Å². The van der Waals surface area contributed by atoms with E-state index in [9.17, 15) is 9.59 Å². The largest absolute Gasteiger partial charge is 0.355 e. The van der Waals surface area contributed by atoms with E-state index in [2.05, 4.69) is 15.0 Å². The van der Waals surface area contributed by atoms with Gasteiger partial charge in [-0.3, -0.25) is 14.0 Å². The number of fused-ring (bicyclic) bond motifs is 4. The van der Waals surface area contributed by atoms with E-state index < -0.39 is 0 Å². The summed E-state index contributed by atoms with van der Waals surface area (Å²) in [5.41, 5.74) is 4.32. The maximum absolute atomic E-state index is 12.8. The molecular formula is C24H22N4O2S. The third-order valence-corrected chi connectivity index (χ3v) is 7.79. The zero-order valence-electron chi connectivity index (χ0n) is 17.1. The summed E-state index contributed by atoms with van der Waals surface area (Å²) in [4.78, 5) is 30.2. The highest BCUT2D eigenvalue weighted by Crippen LogP contribution is 2.51. The molecule has 2 N–H and O–H groups in total. The molecule has 1 aliphatic carbocycles. The molecule has 1 amide bonds. The fraction of sp³-hybridized carbons (Fsp3) is 0.292. The highest BCUT2D eigenvalue weighted by molar-refractivity contribution is 7.23. The summed E-state index contributed by atoms with van der Waals surface area (Å²) in [6.07, 6.45) is 2.68. The first-order valence-corrected chi connectivity index (χ1v) is 11.4. The Hall–Kier alpha value is -3.03. The van der Waals surface area contributed by atoms with Crippen LogP contribution >= 0.6 is 11.3 Å². The number of thiazole rings is 1. The fourth-order valence-electron chi connectivity index (χ4n) is 4.93. The van der Waals surface area contributed by atoms with Gasteiger partial charge in [-0.25, -0.2) is 4.98 Å². The van der Waals surface area contributed by atoms with Gasteiger partial charge in [0, 0.05) is 36.4 Å². The standard InChI is InChI=1S/C24H22N4O2S/c1-25-23(30)14-4-2-13(3-5-14)19-12-28-20-7-6-15(8-22(20)31-24(28)27-19)21(29)9-16-17-10-26-11-18(16)17/h2-8,12,16-18,26H,9-11H2,1H3,(H,25,30)/t16?,17-,18+. The molecule has 6 rings (SSSR count). The zero-order chi connectivity index (χ0) is 21.1. The second-order valence-corrected chi connectivity index (χ2v) is 9.51. The molecule has 1 aliphatic heterocycles. The minimum absolute atomic E-state index is 0.102. The molecule has 2 aromatic carbocycles. The molecule has 1 saturated heterocycles. The third kappa shape index (κ3) is 3.07. The Labute approximate surface area is 183 Å². The Balaban J connectivity index is 1.26. The van der Waals surface area contributed by atoms with Crippen LogP contribution in [0.1, 0.15) is 27.1 Å². The number of piperidine rings is 1. The number of aromatic nitrogens is 2. The van der Waals surface area contributed by atoms with E-state index in [-0.39, 0.29) is 11.7 Å². The number of nitrogens with zero attached hydrogens (tertiary/aromatic N) is 2. The lowest BCUT2D eigenvalue weighted by Gasteiger charge is -2.04. The van der Waals surface area contributed by atoms with Gasteiger partial charge in [0.1, 0.15) is 0 Å². The van der Waals surface area contributed by atoms with Crippen LogP contribution in [0.4, 0.5) is 0 Å². The average molecular weight is 431 g/mol. The van der Waals surface area contributed by atoms with E-state index in [4.69, 9.17) is 4.98 Å². The number of carbonyl (C=O) groups excluding carboxylic acids is 2. The quantitative estimate of drug-likeness (QED) is 0.474. The molecule has 156 valence electrons. The van der Waals surface area contributed by atoms with E-state index in [1.54, 1.807) is 18.4 Å². The molecule has 7 heteroatoms. The van der Waals surface area contributed by atoms with Crippen LogP contribution in [0.5, 0.6) is 0 Å². The van der Waals surface area contributed by atoms with Crippen LogP contribution in [-0.4, -0.2) is 41.2 Å². The van der Waals surface area contributed by atoms with Crippen molar-refractivity contribution in [3.05, 3.63) is 59.8 Å². The van der Waals surface area contributed by atoms with Gasteiger partial charge >= 0.3 is 0 Å².